The van der Waals surface area contributed by atoms with Crippen molar-refractivity contribution in [3.05, 3.63) is 16.0 Å². The van der Waals surface area contributed by atoms with Crippen molar-refractivity contribution in [3.8, 4) is 0 Å². The van der Waals surface area contributed by atoms with Crippen molar-refractivity contribution in [1.82, 2.24) is 0 Å². The maximum Gasteiger partial charge on any atom is 0.341 e. The van der Waals surface area contributed by atoms with Gasteiger partial charge in [0, 0.05) is 11.8 Å². The highest BCUT2D eigenvalue weighted by Crippen LogP contribution is 2.44. The van der Waals surface area contributed by atoms with Gasteiger partial charge in [-0.1, -0.05) is 20.8 Å². The summed E-state index contributed by atoms with van der Waals surface area (Å²) in [5, 5.41) is 3.25. The lowest BCUT2D eigenvalue weighted by molar-refractivity contribution is -0.150. The molecule has 0 saturated carbocycles. The minimum Gasteiger partial charge on any atom is -0.462 e. The molecule has 1 aliphatic carbocycles. The molecule has 1 aromatic rings. The van der Waals surface area contributed by atoms with Crippen molar-refractivity contribution in [2.24, 2.45) is 11.3 Å². The van der Waals surface area contributed by atoms with E-state index in [0.29, 0.717) is 16.5 Å². The highest BCUT2D eigenvalue weighted by molar-refractivity contribution is 7.17. The van der Waals surface area contributed by atoms with E-state index in [0.717, 1.165) is 29.7 Å². The molecule has 27 heavy (non-hydrogen) atoms. The molecule has 0 saturated heterocycles. The lowest BCUT2D eigenvalue weighted by Gasteiger charge is -2.33. The molecule has 2 atom stereocenters. The molecule has 7 heteroatoms. The normalized spacial score (nSPS) is 17.6. The van der Waals surface area contributed by atoms with Crippen LogP contribution in [0, 0.1) is 11.3 Å². The van der Waals surface area contributed by atoms with Crippen LogP contribution in [0.25, 0.3) is 0 Å². The van der Waals surface area contributed by atoms with Crippen LogP contribution in [0.2, 0.25) is 0 Å². The molecule has 0 aliphatic heterocycles. The van der Waals surface area contributed by atoms with E-state index in [9.17, 15) is 14.4 Å². The number of carbonyl (C=O) groups excluding carboxylic acids is 3. The minimum atomic E-state index is -0.931. The Balaban J connectivity index is 2.34. The van der Waals surface area contributed by atoms with Crippen molar-refractivity contribution in [2.75, 3.05) is 11.9 Å². The molecule has 1 N–H and O–H groups in total. The van der Waals surface area contributed by atoms with E-state index in [1.807, 2.05) is 0 Å². The van der Waals surface area contributed by atoms with Crippen molar-refractivity contribution >= 4 is 34.2 Å². The van der Waals surface area contributed by atoms with Gasteiger partial charge in [-0.2, -0.15) is 0 Å². The quantitative estimate of drug-likeness (QED) is 0.763. The second-order valence-electron chi connectivity index (χ2n) is 7.98. The number of fused-ring (bicyclic) bond motifs is 1. The molecular weight excluding hydrogens is 366 g/mol. The predicted molar refractivity (Wildman–Crippen MR) is 105 cm³/mol. The van der Waals surface area contributed by atoms with Gasteiger partial charge in [0.05, 0.1) is 12.2 Å². The van der Waals surface area contributed by atoms with E-state index >= 15 is 0 Å². The molecule has 1 amide bonds. The maximum absolute atomic E-state index is 12.6. The van der Waals surface area contributed by atoms with Crippen LogP contribution in [0.3, 0.4) is 0 Å². The second kappa shape index (κ2) is 8.42. The van der Waals surface area contributed by atoms with Gasteiger partial charge in [0.15, 0.2) is 6.10 Å². The van der Waals surface area contributed by atoms with Crippen molar-refractivity contribution in [1.29, 1.82) is 0 Å². The van der Waals surface area contributed by atoms with Crippen LogP contribution in [0.1, 0.15) is 68.8 Å². The Morgan fingerprint density at radius 3 is 2.52 bits per heavy atom. The third-order valence-electron chi connectivity index (χ3n) is 4.92. The van der Waals surface area contributed by atoms with Crippen molar-refractivity contribution in [3.63, 3.8) is 0 Å². The molecule has 6 nitrogen and oxygen atoms in total. The van der Waals surface area contributed by atoms with Crippen LogP contribution in [0.5, 0.6) is 0 Å². The van der Waals surface area contributed by atoms with Crippen molar-refractivity contribution < 1.29 is 23.9 Å². The maximum atomic E-state index is 12.6. The molecule has 0 spiro atoms. The molecule has 1 aromatic heterocycles. The molecule has 2 rings (SSSR count). The zero-order valence-corrected chi connectivity index (χ0v) is 17.7. The number of hydrogen-bond acceptors (Lipinski definition) is 6. The molecule has 1 heterocycles. The van der Waals surface area contributed by atoms with Gasteiger partial charge in [0.1, 0.15) is 5.00 Å². The number of nitrogens with one attached hydrogen (secondary N) is 1. The summed E-state index contributed by atoms with van der Waals surface area (Å²) in [5.74, 6) is -0.884. The second-order valence-corrected chi connectivity index (χ2v) is 9.08. The molecule has 1 aliphatic rings. The summed E-state index contributed by atoms with van der Waals surface area (Å²) in [7, 11) is 0. The average Bonchev–Trinajstić information content (AvgIpc) is 2.90. The van der Waals surface area contributed by atoms with Gasteiger partial charge in [-0.05, 0) is 50.0 Å². The summed E-state index contributed by atoms with van der Waals surface area (Å²) in [5.41, 5.74) is 1.61. The van der Waals surface area contributed by atoms with Crippen LogP contribution >= 0.6 is 11.3 Å². The molecule has 150 valence electrons. The van der Waals surface area contributed by atoms with Crippen LogP contribution in [-0.4, -0.2) is 30.6 Å². The molecule has 0 aromatic carbocycles. The molecular formula is C20H29NO5S. The number of anilines is 1. The van der Waals surface area contributed by atoms with Crippen LogP contribution in [-0.2, 0) is 31.9 Å². The van der Waals surface area contributed by atoms with Gasteiger partial charge >= 0.3 is 11.9 Å². The van der Waals surface area contributed by atoms with Gasteiger partial charge in [-0.15, -0.1) is 11.3 Å². The standard InChI is InChI=1S/C20H29NO5S/c1-7-25-19(24)16-14-9-8-13(20(4,5)6)10-15(14)27-18(16)21-17(23)11(2)26-12(3)22/h11,13H,7-10H2,1-6H3,(H,21,23)/t11-,13-/m0/s1. The Kier molecular flexibility index (Phi) is 6.68. The zero-order chi connectivity index (χ0) is 20.4. The zero-order valence-electron chi connectivity index (χ0n) is 16.9. The topological polar surface area (TPSA) is 81.7 Å². The number of hydrogen-bond donors (Lipinski definition) is 1. The molecule has 0 fully saturated rings. The summed E-state index contributed by atoms with van der Waals surface area (Å²) >= 11 is 1.43. The molecule has 0 bridgehead atoms. The largest absolute Gasteiger partial charge is 0.462 e. The fourth-order valence-electron chi connectivity index (χ4n) is 3.35. The van der Waals surface area contributed by atoms with Crippen LogP contribution < -0.4 is 5.32 Å². The van der Waals surface area contributed by atoms with Gasteiger partial charge in [0.25, 0.3) is 5.91 Å². The summed E-state index contributed by atoms with van der Waals surface area (Å²) in [4.78, 5) is 37.1. The number of thiophene rings is 1. The summed E-state index contributed by atoms with van der Waals surface area (Å²) in [6.45, 7) is 11.5. The lowest BCUT2D eigenvalue weighted by Crippen LogP contribution is -2.29. The van der Waals surface area contributed by atoms with Crippen LogP contribution in [0.15, 0.2) is 0 Å². The minimum absolute atomic E-state index is 0.180. The van der Waals surface area contributed by atoms with E-state index in [2.05, 4.69) is 26.1 Å². The number of esters is 2. The summed E-state index contributed by atoms with van der Waals surface area (Å²) in [6.07, 6.45) is 1.73. The van der Waals surface area contributed by atoms with Gasteiger partial charge < -0.3 is 14.8 Å². The van der Waals surface area contributed by atoms with Gasteiger partial charge in [-0.3, -0.25) is 9.59 Å². The first-order valence-corrected chi connectivity index (χ1v) is 10.2. The van der Waals surface area contributed by atoms with E-state index in [1.54, 1.807) is 6.92 Å². The number of rotatable bonds is 5. The Bertz CT molecular complexity index is 731. The fourth-order valence-corrected chi connectivity index (χ4v) is 4.67. The Morgan fingerprint density at radius 1 is 1.30 bits per heavy atom. The molecule has 0 radical (unpaired) electrons. The monoisotopic (exact) mass is 395 g/mol. The Morgan fingerprint density at radius 2 is 1.96 bits per heavy atom. The SMILES string of the molecule is CCOC(=O)c1c(NC(=O)[C@H](C)OC(C)=O)sc2c1CC[C@H](C(C)(C)C)C2. The van der Waals surface area contributed by atoms with Crippen molar-refractivity contribution in [2.45, 2.75) is 66.9 Å². The van der Waals surface area contributed by atoms with Gasteiger partial charge in [-0.25, -0.2) is 4.79 Å². The average molecular weight is 396 g/mol. The lowest BCUT2D eigenvalue weighted by atomic mass is 9.72. The first-order chi connectivity index (χ1) is 12.5. The third kappa shape index (κ3) is 5.09. The fraction of sp³-hybridized carbons (Fsp3) is 0.650. The highest BCUT2D eigenvalue weighted by Gasteiger charge is 2.34. The van der Waals surface area contributed by atoms with Crippen LogP contribution in [0.4, 0.5) is 5.00 Å². The Labute approximate surface area is 164 Å². The first-order valence-electron chi connectivity index (χ1n) is 9.34. The first kappa shape index (κ1) is 21.4. The number of carbonyl (C=O) groups is 3. The number of amides is 1. The number of ether oxygens (including phenoxy) is 2. The van der Waals surface area contributed by atoms with Gasteiger partial charge in [0.2, 0.25) is 0 Å². The smallest absolute Gasteiger partial charge is 0.341 e. The van der Waals surface area contributed by atoms with E-state index < -0.39 is 23.9 Å². The third-order valence-corrected chi connectivity index (χ3v) is 6.09. The predicted octanol–water partition coefficient (Wildman–Crippen LogP) is 3.97. The van der Waals surface area contributed by atoms with E-state index in [4.69, 9.17) is 9.47 Å². The van der Waals surface area contributed by atoms with E-state index in [-0.39, 0.29) is 12.0 Å². The highest BCUT2D eigenvalue weighted by atomic mass is 32.1. The summed E-state index contributed by atoms with van der Waals surface area (Å²) in [6, 6.07) is 0. The Hall–Kier alpha value is -1.89. The summed E-state index contributed by atoms with van der Waals surface area (Å²) < 4.78 is 10.2. The van der Waals surface area contributed by atoms with E-state index in [1.165, 1.54) is 25.2 Å². The molecule has 0 unspecified atom stereocenters.